The molecule has 0 aromatic heterocycles. The fourth-order valence-corrected chi connectivity index (χ4v) is 1.38. The molecule has 0 aliphatic heterocycles. The molecule has 0 saturated carbocycles. The summed E-state index contributed by atoms with van der Waals surface area (Å²) < 4.78 is 0. The molecule has 1 amide bonds. The maximum absolute atomic E-state index is 11.8. The van der Waals surface area contributed by atoms with Crippen molar-refractivity contribution in [3.63, 3.8) is 0 Å². The van der Waals surface area contributed by atoms with Crippen LogP contribution in [0.15, 0.2) is 18.2 Å². The minimum absolute atomic E-state index is 0.0171. The van der Waals surface area contributed by atoms with Crippen LogP contribution in [0.1, 0.15) is 22.8 Å². The molecule has 0 saturated heterocycles. The minimum Gasteiger partial charge on any atom is -0.479 e. The van der Waals surface area contributed by atoms with Crippen LogP contribution in [-0.4, -0.2) is 39.2 Å². The summed E-state index contributed by atoms with van der Waals surface area (Å²) in [6, 6.07) is 3.90. The van der Waals surface area contributed by atoms with Gasteiger partial charge >= 0.3 is 5.97 Å². The van der Waals surface area contributed by atoms with Gasteiger partial charge in [0.25, 0.3) is 11.6 Å². The van der Waals surface area contributed by atoms with Gasteiger partial charge in [-0.15, -0.1) is 0 Å². The third-order valence-electron chi connectivity index (χ3n) is 2.72. The number of carbonyl (C=O) groups is 2. The second kappa shape index (κ2) is 5.66. The number of nitrogens with zero attached hydrogens (tertiary/aromatic N) is 1. The van der Waals surface area contributed by atoms with Crippen molar-refractivity contribution in [3.05, 3.63) is 39.4 Å². The van der Waals surface area contributed by atoms with Crippen molar-refractivity contribution in [2.75, 3.05) is 6.54 Å². The maximum atomic E-state index is 11.8. The molecule has 8 nitrogen and oxygen atoms in total. The van der Waals surface area contributed by atoms with Crippen molar-refractivity contribution in [1.29, 1.82) is 0 Å². The predicted octanol–water partition coefficient (Wildman–Crippen LogP) is 0.469. The Hall–Kier alpha value is -2.48. The van der Waals surface area contributed by atoms with Gasteiger partial charge in [-0.1, -0.05) is 6.07 Å². The molecule has 3 N–H and O–H groups in total. The first-order valence-corrected chi connectivity index (χ1v) is 5.64. The van der Waals surface area contributed by atoms with E-state index in [9.17, 15) is 24.8 Å². The van der Waals surface area contributed by atoms with Crippen LogP contribution in [0.2, 0.25) is 0 Å². The summed E-state index contributed by atoms with van der Waals surface area (Å²) in [5.74, 6) is -2.18. The van der Waals surface area contributed by atoms with Crippen LogP contribution in [0, 0.1) is 17.0 Å². The summed E-state index contributed by atoms with van der Waals surface area (Å²) in [6.07, 6.45) is 0. The van der Waals surface area contributed by atoms with E-state index in [4.69, 9.17) is 5.11 Å². The zero-order valence-corrected chi connectivity index (χ0v) is 10.9. The lowest BCUT2D eigenvalue weighted by Crippen LogP contribution is -2.46. The van der Waals surface area contributed by atoms with Gasteiger partial charge in [0, 0.05) is 17.2 Å². The standard InChI is InChI=1S/C12H14N2O6/c1-7-3-4-8(5-9(7)14(19)20)10(15)13-6-12(2,18)11(16)17/h3-5,18H,6H2,1-2H3,(H,13,15)(H,16,17). The Balaban J connectivity index is 2.86. The van der Waals surface area contributed by atoms with E-state index in [-0.39, 0.29) is 11.3 Å². The first-order chi connectivity index (χ1) is 9.15. The second-order valence-electron chi connectivity index (χ2n) is 4.52. The summed E-state index contributed by atoms with van der Waals surface area (Å²) >= 11 is 0. The average Bonchev–Trinajstić information content (AvgIpc) is 2.36. The fraction of sp³-hybridized carbons (Fsp3) is 0.333. The Morgan fingerprint density at radius 3 is 2.55 bits per heavy atom. The Bertz CT molecular complexity index is 567. The molecule has 0 aliphatic carbocycles. The van der Waals surface area contributed by atoms with Crippen LogP contribution in [0.4, 0.5) is 5.69 Å². The molecule has 1 atom stereocenters. The Morgan fingerprint density at radius 1 is 1.45 bits per heavy atom. The lowest BCUT2D eigenvalue weighted by molar-refractivity contribution is -0.385. The zero-order valence-electron chi connectivity index (χ0n) is 10.9. The van der Waals surface area contributed by atoms with E-state index in [0.29, 0.717) is 5.56 Å². The summed E-state index contributed by atoms with van der Waals surface area (Å²) in [7, 11) is 0. The molecule has 0 bridgehead atoms. The topological polar surface area (TPSA) is 130 Å². The van der Waals surface area contributed by atoms with Crippen molar-refractivity contribution < 1.29 is 24.7 Å². The monoisotopic (exact) mass is 282 g/mol. The van der Waals surface area contributed by atoms with Crippen molar-refractivity contribution >= 4 is 17.6 Å². The highest BCUT2D eigenvalue weighted by Crippen LogP contribution is 2.19. The molecule has 1 aromatic carbocycles. The molecule has 0 radical (unpaired) electrons. The summed E-state index contributed by atoms with van der Waals surface area (Å²) in [5.41, 5.74) is -1.89. The fourth-order valence-electron chi connectivity index (χ4n) is 1.38. The third kappa shape index (κ3) is 3.51. The molecular formula is C12H14N2O6. The van der Waals surface area contributed by atoms with Crippen LogP contribution in [-0.2, 0) is 4.79 Å². The molecular weight excluding hydrogens is 268 g/mol. The van der Waals surface area contributed by atoms with Crippen LogP contribution in [0.3, 0.4) is 0 Å². The Kier molecular flexibility index (Phi) is 4.41. The van der Waals surface area contributed by atoms with Gasteiger partial charge in [0.05, 0.1) is 11.5 Å². The van der Waals surface area contributed by atoms with Gasteiger partial charge in [-0.25, -0.2) is 4.79 Å². The highest BCUT2D eigenvalue weighted by atomic mass is 16.6. The lowest BCUT2D eigenvalue weighted by atomic mass is 10.1. The van der Waals surface area contributed by atoms with Crippen molar-refractivity contribution in [3.8, 4) is 0 Å². The van der Waals surface area contributed by atoms with Crippen LogP contribution in [0.25, 0.3) is 0 Å². The first-order valence-electron chi connectivity index (χ1n) is 5.64. The second-order valence-corrected chi connectivity index (χ2v) is 4.52. The first kappa shape index (κ1) is 15.6. The van der Waals surface area contributed by atoms with Crippen molar-refractivity contribution in [1.82, 2.24) is 5.32 Å². The highest BCUT2D eigenvalue weighted by molar-refractivity contribution is 5.95. The van der Waals surface area contributed by atoms with E-state index >= 15 is 0 Å². The van der Waals surface area contributed by atoms with Crippen LogP contribution >= 0.6 is 0 Å². The van der Waals surface area contributed by atoms with Gasteiger partial charge in [-0.3, -0.25) is 14.9 Å². The highest BCUT2D eigenvalue weighted by Gasteiger charge is 2.30. The molecule has 108 valence electrons. The quantitative estimate of drug-likeness (QED) is 0.531. The zero-order chi connectivity index (χ0) is 15.5. The van der Waals surface area contributed by atoms with Crippen LogP contribution < -0.4 is 5.32 Å². The molecule has 8 heteroatoms. The normalized spacial score (nSPS) is 13.3. The van der Waals surface area contributed by atoms with Gasteiger partial charge in [-0.2, -0.15) is 0 Å². The van der Waals surface area contributed by atoms with Gasteiger partial charge in [0.15, 0.2) is 5.60 Å². The van der Waals surface area contributed by atoms with E-state index in [0.717, 1.165) is 13.0 Å². The van der Waals surface area contributed by atoms with Gasteiger partial charge in [-0.05, 0) is 19.9 Å². The Labute approximate surface area is 114 Å². The smallest absolute Gasteiger partial charge is 0.337 e. The van der Waals surface area contributed by atoms with E-state index < -0.39 is 28.9 Å². The van der Waals surface area contributed by atoms with Crippen molar-refractivity contribution in [2.24, 2.45) is 0 Å². The van der Waals surface area contributed by atoms with Gasteiger partial charge < -0.3 is 15.5 Å². The molecule has 1 unspecified atom stereocenters. The number of carboxylic acid groups (broad SMARTS) is 1. The predicted molar refractivity (Wildman–Crippen MR) is 68.4 cm³/mol. The van der Waals surface area contributed by atoms with E-state index in [1.165, 1.54) is 19.1 Å². The van der Waals surface area contributed by atoms with E-state index in [1.54, 1.807) is 0 Å². The van der Waals surface area contributed by atoms with E-state index in [1.807, 2.05) is 0 Å². The summed E-state index contributed by atoms with van der Waals surface area (Å²) in [6.45, 7) is 2.06. The van der Waals surface area contributed by atoms with Gasteiger partial charge in [0.1, 0.15) is 0 Å². The number of rotatable bonds is 5. The lowest BCUT2D eigenvalue weighted by Gasteiger charge is -2.18. The largest absolute Gasteiger partial charge is 0.479 e. The molecule has 0 aliphatic rings. The number of nitro benzene ring substituents is 1. The molecule has 1 aromatic rings. The number of aryl methyl sites for hydroxylation is 1. The number of nitrogens with one attached hydrogen (secondary N) is 1. The van der Waals surface area contributed by atoms with Gasteiger partial charge in [0.2, 0.25) is 0 Å². The third-order valence-corrected chi connectivity index (χ3v) is 2.72. The SMILES string of the molecule is Cc1ccc(C(=O)NCC(C)(O)C(=O)O)cc1[N+](=O)[O-]. The number of amides is 1. The number of aliphatic hydroxyl groups is 1. The summed E-state index contributed by atoms with van der Waals surface area (Å²) in [5, 5.41) is 31.1. The summed E-state index contributed by atoms with van der Waals surface area (Å²) in [4.78, 5) is 32.6. The number of aliphatic carboxylic acids is 1. The molecule has 0 heterocycles. The molecule has 20 heavy (non-hydrogen) atoms. The maximum Gasteiger partial charge on any atom is 0.337 e. The van der Waals surface area contributed by atoms with Crippen molar-refractivity contribution in [2.45, 2.75) is 19.4 Å². The minimum atomic E-state index is -2.10. The number of carboxylic acids is 1. The van der Waals surface area contributed by atoms with Crippen LogP contribution in [0.5, 0.6) is 0 Å². The number of carbonyl (C=O) groups excluding carboxylic acids is 1. The Morgan fingerprint density at radius 2 is 2.05 bits per heavy atom. The number of hydrogen-bond donors (Lipinski definition) is 3. The number of nitro groups is 1. The average molecular weight is 282 g/mol. The molecule has 0 spiro atoms. The van der Waals surface area contributed by atoms with E-state index in [2.05, 4.69) is 5.32 Å². The molecule has 0 fully saturated rings. The number of benzene rings is 1. The number of hydrogen-bond acceptors (Lipinski definition) is 5. The molecule has 1 rings (SSSR count).